The van der Waals surface area contributed by atoms with Gasteiger partial charge in [0.2, 0.25) is 5.78 Å². The Bertz CT molecular complexity index is 847. The predicted octanol–water partition coefficient (Wildman–Crippen LogP) is 3.61. The fourth-order valence-electron chi connectivity index (χ4n) is 2.47. The highest BCUT2D eigenvalue weighted by atomic mass is 16.6. The summed E-state index contributed by atoms with van der Waals surface area (Å²) in [6.45, 7) is 5.36. The lowest BCUT2D eigenvalue weighted by Gasteiger charge is -2.02. The third-order valence-corrected chi connectivity index (χ3v) is 3.69. The zero-order valence-corrected chi connectivity index (χ0v) is 14.2. The van der Waals surface area contributed by atoms with Crippen molar-refractivity contribution in [2.45, 2.75) is 20.8 Å². The zero-order valence-electron chi connectivity index (χ0n) is 14.2. The van der Waals surface area contributed by atoms with Gasteiger partial charge in [0, 0.05) is 17.8 Å². The van der Waals surface area contributed by atoms with Crippen molar-refractivity contribution in [3.05, 3.63) is 68.5 Å². The zero-order chi connectivity index (χ0) is 18.6. The molecular weight excluding hydrogens is 324 g/mol. The average molecular weight is 342 g/mol. The molecule has 7 heteroatoms. The van der Waals surface area contributed by atoms with E-state index in [2.05, 4.69) is 4.98 Å². The summed E-state index contributed by atoms with van der Waals surface area (Å²) in [5.41, 5.74) is 2.44. The minimum Gasteiger partial charge on any atom is -0.462 e. The second-order valence-corrected chi connectivity index (χ2v) is 5.39. The van der Waals surface area contributed by atoms with Gasteiger partial charge in [-0.15, -0.1) is 0 Å². The van der Waals surface area contributed by atoms with Gasteiger partial charge in [-0.2, -0.15) is 0 Å². The maximum absolute atomic E-state index is 12.4. The van der Waals surface area contributed by atoms with Gasteiger partial charge < -0.3 is 9.72 Å². The van der Waals surface area contributed by atoms with Gasteiger partial charge in [0.25, 0.3) is 5.69 Å². The number of aromatic amines is 1. The molecule has 2 rings (SSSR count). The van der Waals surface area contributed by atoms with Crippen LogP contribution in [-0.2, 0) is 4.74 Å². The first kappa shape index (κ1) is 18.1. The molecule has 0 spiro atoms. The van der Waals surface area contributed by atoms with E-state index < -0.39 is 10.9 Å². The molecular formula is C18H18N2O5. The van der Waals surface area contributed by atoms with Crippen molar-refractivity contribution >= 4 is 23.5 Å². The highest BCUT2D eigenvalue weighted by Crippen LogP contribution is 2.20. The number of ether oxygens (including phenoxy) is 1. The molecule has 1 aromatic carbocycles. The Hall–Kier alpha value is -3.22. The first-order valence-electron chi connectivity index (χ1n) is 7.68. The molecule has 2 aromatic rings. The Balaban J connectivity index is 2.22. The van der Waals surface area contributed by atoms with Gasteiger partial charge >= 0.3 is 5.97 Å². The Morgan fingerprint density at radius 3 is 2.44 bits per heavy atom. The van der Waals surface area contributed by atoms with Crippen molar-refractivity contribution in [2.24, 2.45) is 0 Å². The number of nitrogens with one attached hydrogen (secondary N) is 1. The van der Waals surface area contributed by atoms with E-state index in [1.54, 1.807) is 39.0 Å². The molecule has 0 bridgehead atoms. The van der Waals surface area contributed by atoms with E-state index in [1.807, 2.05) is 0 Å². The number of hydrogen-bond donors (Lipinski definition) is 1. The summed E-state index contributed by atoms with van der Waals surface area (Å²) >= 11 is 0. The molecule has 130 valence electrons. The number of esters is 1. The molecule has 25 heavy (non-hydrogen) atoms. The van der Waals surface area contributed by atoms with E-state index in [0.717, 1.165) is 0 Å². The van der Waals surface area contributed by atoms with Gasteiger partial charge in [0.15, 0.2) is 0 Å². The van der Waals surface area contributed by atoms with Gasteiger partial charge in [0.05, 0.1) is 22.8 Å². The predicted molar refractivity (Wildman–Crippen MR) is 92.7 cm³/mol. The highest BCUT2D eigenvalue weighted by Gasteiger charge is 2.21. The standard InChI is InChI=1S/C18H18N2O5/c1-4-25-18(22)16-11(2)17(19-12(16)3)15(21)10-7-13-5-8-14(9-6-13)20(23)24/h5-10,19H,4H2,1-3H3/b10-7+. The van der Waals surface area contributed by atoms with Crippen LogP contribution in [0.15, 0.2) is 30.3 Å². The smallest absolute Gasteiger partial charge is 0.340 e. The van der Waals surface area contributed by atoms with Crippen LogP contribution in [0.1, 0.15) is 44.6 Å². The molecule has 0 amide bonds. The number of nitrogens with zero attached hydrogens (tertiary/aromatic N) is 1. The molecule has 7 nitrogen and oxygen atoms in total. The van der Waals surface area contributed by atoms with E-state index in [-0.39, 0.29) is 18.1 Å². The summed E-state index contributed by atoms with van der Waals surface area (Å²) in [6.07, 6.45) is 2.92. The molecule has 0 aliphatic heterocycles. The van der Waals surface area contributed by atoms with Crippen molar-refractivity contribution in [2.75, 3.05) is 6.61 Å². The number of benzene rings is 1. The molecule has 0 unspecified atom stereocenters. The molecule has 0 radical (unpaired) electrons. The monoisotopic (exact) mass is 342 g/mol. The molecule has 1 aromatic heterocycles. The second kappa shape index (κ2) is 7.57. The first-order valence-corrected chi connectivity index (χ1v) is 7.68. The van der Waals surface area contributed by atoms with Crippen molar-refractivity contribution < 1.29 is 19.2 Å². The molecule has 1 N–H and O–H groups in total. The lowest BCUT2D eigenvalue weighted by molar-refractivity contribution is -0.384. The van der Waals surface area contributed by atoms with Crippen LogP contribution < -0.4 is 0 Å². The van der Waals surface area contributed by atoms with Crippen molar-refractivity contribution in [1.82, 2.24) is 4.98 Å². The molecule has 0 fully saturated rings. The largest absolute Gasteiger partial charge is 0.462 e. The number of non-ortho nitro benzene ring substituents is 1. The Morgan fingerprint density at radius 2 is 1.88 bits per heavy atom. The quantitative estimate of drug-likeness (QED) is 0.284. The van der Waals surface area contributed by atoms with Gasteiger partial charge in [-0.05, 0) is 50.1 Å². The van der Waals surface area contributed by atoms with E-state index >= 15 is 0 Å². The summed E-state index contributed by atoms with van der Waals surface area (Å²) in [4.78, 5) is 37.4. The Morgan fingerprint density at radius 1 is 1.24 bits per heavy atom. The minimum absolute atomic E-state index is 0.0154. The summed E-state index contributed by atoms with van der Waals surface area (Å²) in [5.74, 6) is -0.762. The number of hydrogen-bond acceptors (Lipinski definition) is 5. The van der Waals surface area contributed by atoms with Crippen LogP contribution in [0, 0.1) is 24.0 Å². The van der Waals surface area contributed by atoms with Crippen molar-refractivity contribution in [3.63, 3.8) is 0 Å². The SMILES string of the molecule is CCOC(=O)c1c(C)[nH]c(C(=O)/C=C/c2ccc([N+](=O)[O-])cc2)c1C. The number of aryl methyl sites for hydroxylation is 1. The minimum atomic E-state index is -0.485. The second-order valence-electron chi connectivity index (χ2n) is 5.39. The molecule has 0 saturated heterocycles. The number of rotatable bonds is 6. The average Bonchev–Trinajstić information content (AvgIpc) is 2.88. The number of allylic oxidation sites excluding steroid dienone is 1. The third kappa shape index (κ3) is 4.00. The van der Waals surface area contributed by atoms with Gasteiger partial charge in [-0.1, -0.05) is 6.08 Å². The number of nitro groups is 1. The van der Waals surface area contributed by atoms with E-state index in [0.29, 0.717) is 28.1 Å². The van der Waals surface area contributed by atoms with Gasteiger partial charge in [-0.25, -0.2) is 4.79 Å². The molecule has 0 saturated carbocycles. The number of ketones is 1. The maximum Gasteiger partial charge on any atom is 0.340 e. The van der Waals surface area contributed by atoms with Crippen LogP contribution in [0.5, 0.6) is 0 Å². The first-order chi connectivity index (χ1) is 11.8. The van der Waals surface area contributed by atoms with E-state index in [1.165, 1.54) is 18.2 Å². The van der Waals surface area contributed by atoms with Crippen LogP contribution in [0.25, 0.3) is 6.08 Å². The number of aromatic nitrogens is 1. The molecule has 1 heterocycles. The fraction of sp³-hybridized carbons (Fsp3) is 0.222. The van der Waals surface area contributed by atoms with Crippen molar-refractivity contribution in [3.8, 4) is 0 Å². The van der Waals surface area contributed by atoms with E-state index in [4.69, 9.17) is 4.74 Å². The topological polar surface area (TPSA) is 102 Å². The number of H-pyrrole nitrogens is 1. The summed E-state index contributed by atoms with van der Waals surface area (Å²) in [7, 11) is 0. The van der Waals surface area contributed by atoms with Crippen LogP contribution in [0.3, 0.4) is 0 Å². The lowest BCUT2D eigenvalue weighted by Crippen LogP contribution is -2.07. The lowest BCUT2D eigenvalue weighted by atomic mass is 10.1. The van der Waals surface area contributed by atoms with Gasteiger partial charge in [-0.3, -0.25) is 14.9 Å². The van der Waals surface area contributed by atoms with Crippen LogP contribution in [0.2, 0.25) is 0 Å². The number of carbonyl (C=O) groups is 2. The Labute approximate surface area is 144 Å². The van der Waals surface area contributed by atoms with Crippen molar-refractivity contribution in [1.29, 1.82) is 0 Å². The van der Waals surface area contributed by atoms with Gasteiger partial charge in [0.1, 0.15) is 0 Å². The molecule has 0 aliphatic rings. The highest BCUT2D eigenvalue weighted by molar-refractivity contribution is 6.08. The van der Waals surface area contributed by atoms with Crippen LogP contribution >= 0.6 is 0 Å². The molecule has 0 aliphatic carbocycles. The van der Waals surface area contributed by atoms with Crippen LogP contribution in [0.4, 0.5) is 5.69 Å². The fourth-order valence-corrected chi connectivity index (χ4v) is 2.47. The summed E-state index contributed by atoms with van der Waals surface area (Å²) in [5, 5.41) is 10.6. The number of carbonyl (C=O) groups excluding carboxylic acids is 2. The summed E-state index contributed by atoms with van der Waals surface area (Å²) in [6, 6.07) is 5.84. The third-order valence-electron chi connectivity index (χ3n) is 3.69. The maximum atomic E-state index is 12.4. The number of nitro benzene ring substituents is 1. The van der Waals surface area contributed by atoms with Crippen LogP contribution in [-0.4, -0.2) is 28.3 Å². The Kier molecular flexibility index (Phi) is 5.49. The normalized spacial score (nSPS) is 10.8. The van der Waals surface area contributed by atoms with E-state index in [9.17, 15) is 19.7 Å². The molecule has 0 atom stereocenters. The summed E-state index contributed by atoms with van der Waals surface area (Å²) < 4.78 is 5.00.